The quantitative estimate of drug-likeness (QED) is 0.503. The van der Waals surface area contributed by atoms with Gasteiger partial charge < -0.3 is 14.2 Å². The molecule has 0 bridgehead atoms. The standard InChI is InChI=1S/C22H22FN3O5S2/c1-31-11-10-26-18-7-6-16(23)12-19(18)32-22(26)24-20(27)13-33(29,30)14-21(28)25-9-8-15-4-2-3-5-17(15)25/h2-7,12H,8-11,13-14H2,1H3. The number of rotatable bonds is 7. The van der Waals surface area contributed by atoms with Gasteiger partial charge >= 0.3 is 0 Å². The summed E-state index contributed by atoms with van der Waals surface area (Å²) in [6.07, 6.45) is 0.657. The highest BCUT2D eigenvalue weighted by Gasteiger charge is 2.29. The molecule has 0 radical (unpaired) electrons. The molecule has 0 saturated carbocycles. The van der Waals surface area contributed by atoms with E-state index >= 15 is 0 Å². The first-order valence-electron chi connectivity index (χ1n) is 10.2. The molecule has 2 aromatic carbocycles. The molecule has 4 rings (SSSR count). The van der Waals surface area contributed by atoms with Gasteiger partial charge in [0.1, 0.15) is 17.3 Å². The first-order chi connectivity index (χ1) is 15.8. The van der Waals surface area contributed by atoms with E-state index in [4.69, 9.17) is 4.74 Å². The summed E-state index contributed by atoms with van der Waals surface area (Å²) < 4.78 is 46.1. The Morgan fingerprint density at radius 2 is 1.97 bits per heavy atom. The summed E-state index contributed by atoms with van der Waals surface area (Å²) in [5.41, 5.74) is 2.34. The molecular formula is C22H22FN3O5S2. The van der Waals surface area contributed by atoms with E-state index in [1.54, 1.807) is 22.8 Å². The second kappa shape index (κ2) is 9.54. The van der Waals surface area contributed by atoms with Gasteiger partial charge in [0.2, 0.25) is 5.91 Å². The molecule has 0 fully saturated rings. The largest absolute Gasteiger partial charge is 0.383 e. The minimum absolute atomic E-state index is 0.243. The van der Waals surface area contributed by atoms with Crippen molar-refractivity contribution in [1.29, 1.82) is 0 Å². The molecule has 0 N–H and O–H groups in total. The predicted molar refractivity (Wildman–Crippen MR) is 123 cm³/mol. The SMILES string of the molecule is COCCn1c(=NC(=O)CS(=O)(=O)CC(=O)N2CCc3ccccc32)sc2cc(F)ccc21. The van der Waals surface area contributed by atoms with Gasteiger partial charge in [-0.1, -0.05) is 29.5 Å². The molecule has 8 nitrogen and oxygen atoms in total. The number of thiazole rings is 1. The maximum absolute atomic E-state index is 13.6. The molecule has 1 aromatic heterocycles. The number of hydrogen-bond donors (Lipinski definition) is 0. The summed E-state index contributed by atoms with van der Waals surface area (Å²) in [5.74, 6) is -3.54. The molecule has 2 amide bonds. The molecule has 0 saturated heterocycles. The van der Waals surface area contributed by atoms with Crippen LogP contribution in [0.4, 0.5) is 10.1 Å². The van der Waals surface area contributed by atoms with E-state index in [1.165, 1.54) is 24.1 Å². The van der Waals surface area contributed by atoms with Gasteiger partial charge in [0, 0.05) is 25.9 Å². The number of sulfone groups is 1. The van der Waals surface area contributed by atoms with E-state index in [-0.39, 0.29) is 4.80 Å². The number of nitrogens with zero attached hydrogens (tertiary/aromatic N) is 3. The van der Waals surface area contributed by atoms with Gasteiger partial charge in [-0.2, -0.15) is 4.99 Å². The van der Waals surface area contributed by atoms with Crippen molar-refractivity contribution in [3.05, 3.63) is 58.6 Å². The fraction of sp³-hybridized carbons (Fsp3) is 0.318. The number of fused-ring (bicyclic) bond motifs is 2. The summed E-state index contributed by atoms with van der Waals surface area (Å²) in [5, 5.41) is 0. The van der Waals surface area contributed by atoms with Crippen LogP contribution in [0, 0.1) is 5.82 Å². The molecule has 0 aliphatic carbocycles. The zero-order valence-corrected chi connectivity index (χ0v) is 19.5. The Bertz CT molecular complexity index is 1390. The van der Waals surface area contributed by atoms with E-state index in [2.05, 4.69) is 4.99 Å². The van der Waals surface area contributed by atoms with Crippen LogP contribution < -0.4 is 9.70 Å². The number of aromatic nitrogens is 1. The van der Waals surface area contributed by atoms with E-state index in [9.17, 15) is 22.4 Å². The molecule has 0 spiro atoms. The molecule has 1 aliphatic rings. The van der Waals surface area contributed by atoms with Gasteiger partial charge in [0.25, 0.3) is 5.91 Å². The molecule has 174 valence electrons. The highest BCUT2D eigenvalue weighted by atomic mass is 32.2. The van der Waals surface area contributed by atoms with Crippen molar-refractivity contribution >= 4 is 48.9 Å². The first-order valence-corrected chi connectivity index (χ1v) is 12.9. The topological polar surface area (TPSA) is 98.0 Å². The fourth-order valence-electron chi connectivity index (χ4n) is 3.77. The average Bonchev–Trinajstić information content (AvgIpc) is 3.32. The van der Waals surface area contributed by atoms with Crippen molar-refractivity contribution in [3.8, 4) is 0 Å². The number of para-hydroxylation sites is 1. The van der Waals surface area contributed by atoms with Gasteiger partial charge in [0.05, 0.1) is 16.8 Å². The highest BCUT2D eigenvalue weighted by Crippen LogP contribution is 2.27. The number of hydrogen-bond acceptors (Lipinski definition) is 6. The van der Waals surface area contributed by atoms with Crippen LogP contribution in [0.15, 0.2) is 47.5 Å². The third-order valence-electron chi connectivity index (χ3n) is 5.26. The molecule has 11 heteroatoms. The number of benzene rings is 2. The van der Waals surface area contributed by atoms with Gasteiger partial charge in [-0.15, -0.1) is 0 Å². The number of ether oxygens (including phenoxy) is 1. The number of amides is 2. The summed E-state index contributed by atoms with van der Waals surface area (Å²) in [6, 6.07) is 11.5. The van der Waals surface area contributed by atoms with E-state index in [0.29, 0.717) is 42.0 Å². The molecule has 0 unspecified atom stereocenters. The summed E-state index contributed by atoms with van der Waals surface area (Å²) >= 11 is 1.08. The van der Waals surface area contributed by atoms with Crippen molar-refractivity contribution in [2.24, 2.45) is 4.99 Å². The Kier molecular flexibility index (Phi) is 6.73. The smallest absolute Gasteiger partial charge is 0.263 e. The number of halogens is 1. The zero-order valence-electron chi connectivity index (χ0n) is 17.9. The summed E-state index contributed by atoms with van der Waals surface area (Å²) in [7, 11) is -2.50. The van der Waals surface area contributed by atoms with Crippen LogP contribution >= 0.6 is 11.3 Å². The van der Waals surface area contributed by atoms with E-state index in [1.807, 2.05) is 12.1 Å². The van der Waals surface area contributed by atoms with Crippen molar-refractivity contribution in [3.63, 3.8) is 0 Å². The van der Waals surface area contributed by atoms with Gasteiger partial charge in [-0.05, 0) is 36.2 Å². The maximum Gasteiger partial charge on any atom is 0.263 e. The third-order valence-corrected chi connectivity index (χ3v) is 7.67. The Morgan fingerprint density at radius 1 is 1.18 bits per heavy atom. The van der Waals surface area contributed by atoms with E-state index < -0.39 is 39.0 Å². The molecule has 3 aromatic rings. The van der Waals surface area contributed by atoms with Crippen LogP contribution in [0.2, 0.25) is 0 Å². The monoisotopic (exact) mass is 491 g/mol. The van der Waals surface area contributed by atoms with Crippen molar-refractivity contribution in [2.75, 3.05) is 36.7 Å². The van der Waals surface area contributed by atoms with Gasteiger partial charge in [-0.3, -0.25) is 9.59 Å². The maximum atomic E-state index is 13.6. The summed E-state index contributed by atoms with van der Waals surface area (Å²) in [4.78, 5) is 30.8. The van der Waals surface area contributed by atoms with Crippen LogP contribution in [-0.2, 0) is 37.1 Å². The molecule has 0 atom stereocenters. The van der Waals surface area contributed by atoms with Crippen LogP contribution in [0.3, 0.4) is 0 Å². The lowest BCUT2D eigenvalue weighted by atomic mass is 10.2. The molecule has 33 heavy (non-hydrogen) atoms. The molecule has 2 heterocycles. The average molecular weight is 492 g/mol. The Morgan fingerprint density at radius 3 is 2.76 bits per heavy atom. The second-order valence-electron chi connectivity index (χ2n) is 7.60. The van der Waals surface area contributed by atoms with Crippen molar-refractivity contribution < 1.29 is 27.1 Å². The predicted octanol–water partition coefficient (Wildman–Crippen LogP) is 1.92. The second-order valence-corrected chi connectivity index (χ2v) is 10.7. The highest BCUT2D eigenvalue weighted by molar-refractivity contribution is 7.92. The molecule has 1 aliphatic heterocycles. The summed E-state index contributed by atoms with van der Waals surface area (Å²) in [6.45, 7) is 1.09. The first kappa shape index (κ1) is 23.3. The number of anilines is 1. The Balaban J connectivity index is 1.53. The van der Waals surface area contributed by atoms with E-state index in [0.717, 1.165) is 16.9 Å². The van der Waals surface area contributed by atoms with Gasteiger partial charge in [-0.25, -0.2) is 12.8 Å². The minimum atomic E-state index is -4.03. The zero-order chi connectivity index (χ0) is 23.6. The lowest BCUT2D eigenvalue weighted by Gasteiger charge is -2.17. The van der Waals surface area contributed by atoms with Gasteiger partial charge in [0.15, 0.2) is 14.6 Å². The molecular weight excluding hydrogens is 469 g/mol. The normalized spacial score (nSPS) is 14.1. The van der Waals surface area contributed by atoms with Crippen molar-refractivity contribution in [1.82, 2.24) is 4.57 Å². The Labute approximate surface area is 193 Å². The van der Waals surface area contributed by atoms with Crippen LogP contribution in [0.5, 0.6) is 0 Å². The lowest BCUT2D eigenvalue weighted by molar-refractivity contribution is -0.116. The number of methoxy groups -OCH3 is 1. The Hall–Kier alpha value is -2.89. The number of carbonyl (C=O) groups is 2. The third kappa shape index (κ3) is 5.21. The fourth-order valence-corrected chi connectivity index (χ4v) is 5.95. The lowest BCUT2D eigenvalue weighted by Crippen LogP contribution is -2.36. The number of carbonyl (C=O) groups excluding carboxylic acids is 2. The minimum Gasteiger partial charge on any atom is -0.383 e. The van der Waals surface area contributed by atoms with Crippen LogP contribution in [0.25, 0.3) is 10.2 Å². The van der Waals surface area contributed by atoms with Crippen LogP contribution in [0.1, 0.15) is 5.56 Å². The van der Waals surface area contributed by atoms with Crippen LogP contribution in [-0.4, -0.2) is 56.6 Å². The van der Waals surface area contributed by atoms with Crippen molar-refractivity contribution in [2.45, 2.75) is 13.0 Å².